The van der Waals surface area contributed by atoms with E-state index >= 15 is 0 Å². The van der Waals surface area contributed by atoms with Crippen molar-refractivity contribution in [2.24, 2.45) is 5.92 Å². The third-order valence-corrected chi connectivity index (χ3v) is 5.25. The number of fused-ring (bicyclic) bond motifs is 1. The van der Waals surface area contributed by atoms with Gasteiger partial charge in [0.25, 0.3) is 0 Å². The van der Waals surface area contributed by atoms with Gasteiger partial charge in [0, 0.05) is 24.0 Å². The van der Waals surface area contributed by atoms with Crippen LogP contribution in [0.25, 0.3) is 0 Å². The maximum atomic E-state index is 12.9. The SMILES string of the molecule is CC(C)N1C(=O)N[C@H](C)[C@@H]2[C@H]1NC(=O)N(C(C)C)[C@H]2c1ccccc1. The maximum Gasteiger partial charge on any atom is 0.319 e. The van der Waals surface area contributed by atoms with E-state index in [9.17, 15) is 9.59 Å². The van der Waals surface area contributed by atoms with Crippen LogP contribution in [0.5, 0.6) is 0 Å². The second-order valence-electron chi connectivity index (χ2n) is 7.57. The molecule has 0 spiro atoms. The van der Waals surface area contributed by atoms with Crippen molar-refractivity contribution in [1.82, 2.24) is 20.4 Å². The van der Waals surface area contributed by atoms with Crippen LogP contribution in [0.1, 0.15) is 46.2 Å². The standard InChI is InChI=1S/C19H28N4O2/c1-11(2)22-16(14-9-7-6-8-10-14)15-13(5)20-18(24)23(12(3)4)17(15)21-19(22)25/h6-13,15-17H,1-5H3,(H,20,24)(H,21,25)/t13-,15+,16+,17+/m1/s1. The summed E-state index contributed by atoms with van der Waals surface area (Å²) in [5.41, 5.74) is 1.10. The molecule has 25 heavy (non-hydrogen) atoms. The summed E-state index contributed by atoms with van der Waals surface area (Å²) in [6.45, 7) is 10.0. The van der Waals surface area contributed by atoms with Gasteiger partial charge in [0.15, 0.2) is 0 Å². The van der Waals surface area contributed by atoms with E-state index in [4.69, 9.17) is 0 Å². The average molecular weight is 344 g/mol. The Hall–Kier alpha value is -2.24. The van der Waals surface area contributed by atoms with Crippen molar-refractivity contribution in [2.45, 2.75) is 65.0 Å². The number of hydrogen-bond donors (Lipinski definition) is 2. The van der Waals surface area contributed by atoms with E-state index in [-0.39, 0.29) is 48.3 Å². The molecule has 0 radical (unpaired) electrons. The Labute approximate surface area is 149 Å². The second kappa shape index (κ2) is 6.58. The van der Waals surface area contributed by atoms with Crippen LogP contribution in [0.2, 0.25) is 0 Å². The molecule has 2 fully saturated rings. The summed E-state index contributed by atoms with van der Waals surface area (Å²) in [7, 11) is 0. The molecule has 0 aromatic heterocycles. The number of benzene rings is 1. The first kappa shape index (κ1) is 17.6. The van der Waals surface area contributed by atoms with Crippen LogP contribution in [0.15, 0.2) is 30.3 Å². The first-order chi connectivity index (χ1) is 11.8. The highest BCUT2D eigenvalue weighted by atomic mass is 16.2. The van der Waals surface area contributed by atoms with E-state index in [0.717, 1.165) is 5.56 Å². The van der Waals surface area contributed by atoms with Gasteiger partial charge in [0.05, 0.1) is 6.04 Å². The highest BCUT2D eigenvalue weighted by Gasteiger charge is 2.52. The monoisotopic (exact) mass is 344 g/mol. The maximum absolute atomic E-state index is 12.9. The molecule has 3 rings (SSSR count). The molecule has 1 aromatic carbocycles. The number of nitrogens with zero attached hydrogens (tertiary/aromatic N) is 2. The van der Waals surface area contributed by atoms with E-state index in [1.807, 2.05) is 57.7 Å². The van der Waals surface area contributed by atoms with E-state index < -0.39 is 0 Å². The zero-order chi connectivity index (χ0) is 18.3. The Bertz CT molecular complexity index is 646. The van der Waals surface area contributed by atoms with Crippen LogP contribution in [0, 0.1) is 5.92 Å². The Kier molecular flexibility index (Phi) is 4.62. The number of carbonyl (C=O) groups is 2. The Balaban J connectivity index is 2.10. The minimum absolute atomic E-state index is 0.00215. The fraction of sp³-hybridized carbons (Fsp3) is 0.579. The van der Waals surface area contributed by atoms with Crippen molar-refractivity contribution in [3.63, 3.8) is 0 Å². The molecule has 0 unspecified atom stereocenters. The number of nitrogens with one attached hydrogen (secondary N) is 2. The molecule has 2 N–H and O–H groups in total. The summed E-state index contributed by atoms with van der Waals surface area (Å²) >= 11 is 0. The van der Waals surface area contributed by atoms with Crippen molar-refractivity contribution in [1.29, 1.82) is 0 Å². The Morgan fingerprint density at radius 3 is 2.00 bits per heavy atom. The largest absolute Gasteiger partial charge is 0.335 e. The third-order valence-electron chi connectivity index (χ3n) is 5.25. The molecule has 2 saturated heterocycles. The van der Waals surface area contributed by atoms with Gasteiger partial charge in [-0.1, -0.05) is 30.3 Å². The number of hydrogen-bond acceptors (Lipinski definition) is 2. The molecule has 2 aliphatic heterocycles. The summed E-state index contributed by atoms with van der Waals surface area (Å²) in [6.07, 6.45) is -0.309. The van der Waals surface area contributed by atoms with Gasteiger partial charge in [-0.05, 0) is 40.2 Å². The fourth-order valence-electron chi connectivity index (χ4n) is 4.22. The Morgan fingerprint density at radius 1 is 0.880 bits per heavy atom. The minimum atomic E-state index is -0.309. The van der Waals surface area contributed by atoms with Gasteiger partial charge < -0.3 is 20.4 Å². The van der Waals surface area contributed by atoms with Crippen LogP contribution in [0.4, 0.5) is 9.59 Å². The molecular formula is C19H28N4O2. The van der Waals surface area contributed by atoms with E-state index in [0.29, 0.717) is 0 Å². The van der Waals surface area contributed by atoms with Crippen LogP contribution in [-0.4, -0.2) is 46.2 Å². The quantitative estimate of drug-likeness (QED) is 0.885. The molecule has 136 valence electrons. The summed E-state index contributed by atoms with van der Waals surface area (Å²) in [4.78, 5) is 29.1. The van der Waals surface area contributed by atoms with Crippen molar-refractivity contribution in [3.05, 3.63) is 35.9 Å². The third kappa shape index (κ3) is 2.94. The summed E-state index contributed by atoms with van der Waals surface area (Å²) in [5.74, 6) is 0.0580. The van der Waals surface area contributed by atoms with Crippen molar-refractivity contribution in [3.8, 4) is 0 Å². The van der Waals surface area contributed by atoms with Crippen LogP contribution in [-0.2, 0) is 0 Å². The summed E-state index contributed by atoms with van der Waals surface area (Å²) in [6, 6.07) is 9.82. The molecule has 4 atom stereocenters. The molecular weight excluding hydrogens is 316 g/mol. The number of rotatable bonds is 3. The van der Waals surface area contributed by atoms with Crippen LogP contribution >= 0.6 is 0 Å². The lowest BCUT2D eigenvalue weighted by Gasteiger charge is -2.55. The predicted molar refractivity (Wildman–Crippen MR) is 96.9 cm³/mol. The molecule has 2 aliphatic rings. The highest BCUT2D eigenvalue weighted by molar-refractivity contribution is 5.81. The lowest BCUT2D eigenvalue weighted by Crippen LogP contribution is -2.74. The summed E-state index contributed by atoms with van der Waals surface area (Å²) in [5, 5.41) is 6.19. The fourth-order valence-corrected chi connectivity index (χ4v) is 4.22. The van der Waals surface area contributed by atoms with Gasteiger partial charge in [-0.25, -0.2) is 9.59 Å². The first-order valence-corrected chi connectivity index (χ1v) is 9.05. The minimum Gasteiger partial charge on any atom is -0.335 e. The average Bonchev–Trinajstić information content (AvgIpc) is 2.53. The molecule has 6 heteroatoms. The van der Waals surface area contributed by atoms with Gasteiger partial charge >= 0.3 is 12.1 Å². The molecule has 6 nitrogen and oxygen atoms in total. The topological polar surface area (TPSA) is 64.7 Å². The van der Waals surface area contributed by atoms with Crippen LogP contribution in [0.3, 0.4) is 0 Å². The van der Waals surface area contributed by atoms with E-state index in [2.05, 4.69) is 22.8 Å². The highest BCUT2D eigenvalue weighted by Crippen LogP contribution is 2.40. The number of carbonyl (C=O) groups excluding carboxylic acids is 2. The van der Waals surface area contributed by atoms with E-state index in [1.54, 1.807) is 4.90 Å². The zero-order valence-electron chi connectivity index (χ0n) is 15.6. The van der Waals surface area contributed by atoms with E-state index in [1.165, 1.54) is 0 Å². The molecule has 2 heterocycles. The zero-order valence-corrected chi connectivity index (χ0v) is 15.6. The molecule has 1 aromatic rings. The van der Waals surface area contributed by atoms with Gasteiger partial charge in [-0.15, -0.1) is 0 Å². The van der Waals surface area contributed by atoms with Crippen molar-refractivity contribution in [2.75, 3.05) is 0 Å². The molecule has 4 amide bonds. The lowest BCUT2D eigenvalue weighted by atomic mass is 9.80. The number of urea groups is 2. The van der Waals surface area contributed by atoms with Crippen LogP contribution < -0.4 is 10.6 Å². The molecule has 0 saturated carbocycles. The van der Waals surface area contributed by atoms with Gasteiger partial charge in [-0.3, -0.25) is 0 Å². The van der Waals surface area contributed by atoms with Gasteiger partial charge in [0.1, 0.15) is 6.17 Å². The first-order valence-electron chi connectivity index (χ1n) is 9.05. The van der Waals surface area contributed by atoms with Gasteiger partial charge in [0.2, 0.25) is 0 Å². The van der Waals surface area contributed by atoms with Gasteiger partial charge in [-0.2, -0.15) is 0 Å². The molecule has 0 bridgehead atoms. The summed E-state index contributed by atoms with van der Waals surface area (Å²) < 4.78 is 0. The lowest BCUT2D eigenvalue weighted by molar-refractivity contribution is -0.0116. The van der Waals surface area contributed by atoms with Crippen molar-refractivity contribution < 1.29 is 9.59 Å². The smallest absolute Gasteiger partial charge is 0.319 e. The second-order valence-corrected chi connectivity index (χ2v) is 7.57. The predicted octanol–water partition coefficient (Wildman–Crippen LogP) is 2.93. The Morgan fingerprint density at radius 2 is 1.44 bits per heavy atom. The van der Waals surface area contributed by atoms with Crippen molar-refractivity contribution >= 4 is 12.1 Å². The molecule has 0 aliphatic carbocycles. The number of amides is 4. The normalized spacial score (nSPS) is 29.6.